The molecule has 12 nitrogen and oxygen atoms in total. The first-order valence-corrected chi connectivity index (χ1v) is 14.9. The molecular formula is C31H36F2N8O4. The molecule has 2 aliphatic rings. The average molecular weight is 623 g/mol. The fourth-order valence-corrected chi connectivity index (χ4v) is 5.96. The number of piperidine rings is 1. The Balaban J connectivity index is 1.22. The van der Waals surface area contributed by atoms with E-state index in [1.54, 1.807) is 30.7 Å². The topological polar surface area (TPSA) is 141 Å². The van der Waals surface area contributed by atoms with E-state index in [9.17, 15) is 4.79 Å². The number of halogens is 2. The molecule has 3 aromatic heterocycles. The number of methoxy groups -OCH3 is 1. The largest absolute Gasteiger partial charge is 0.453 e. The van der Waals surface area contributed by atoms with Gasteiger partial charge in [-0.3, -0.25) is 4.98 Å². The van der Waals surface area contributed by atoms with Gasteiger partial charge in [0.2, 0.25) is 5.95 Å². The van der Waals surface area contributed by atoms with Crippen LogP contribution in [0.3, 0.4) is 0 Å². The van der Waals surface area contributed by atoms with Gasteiger partial charge in [-0.2, -0.15) is 9.61 Å². The Morgan fingerprint density at radius 2 is 1.91 bits per heavy atom. The number of hydrogen-bond acceptors (Lipinski definition) is 10. The van der Waals surface area contributed by atoms with Crippen molar-refractivity contribution in [1.82, 2.24) is 24.9 Å². The Bertz CT molecular complexity index is 1630. The summed E-state index contributed by atoms with van der Waals surface area (Å²) in [5, 5.41) is 10.7. The number of pyridine rings is 1. The van der Waals surface area contributed by atoms with Crippen molar-refractivity contribution in [1.29, 1.82) is 0 Å². The summed E-state index contributed by atoms with van der Waals surface area (Å²) in [4.78, 5) is 22.7. The standard InChI is InChI=1S/C31H36F2N8O4/c1-18-15-40(16-24(34)29(18)38-31(42)43-2)27-5-8-35-14-26(27)37-30-36-13-20-3-4-25(39-41(20)30)28-22(32)11-19(12-23(28)33)17-45-21-6-9-44-10-7-21/h3-5,8,11-14,18,21,24,29H,6-7,9-10,15-17,34H2,1-2H3,(H,36,37)(H,38,42). The zero-order valence-corrected chi connectivity index (χ0v) is 25.1. The molecule has 2 aliphatic heterocycles. The molecule has 238 valence electrons. The van der Waals surface area contributed by atoms with E-state index in [0.29, 0.717) is 49.0 Å². The van der Waals surface area contributed by atoms with Crippen LogP contribution in [-0.4, -0.2) is 77.3 Å². The molecule has 5 heterocycles. The second kappa shape index (κ2) is 13.3. The van der Waals surface area contributed by atoms with Crippen molar-refractivity contribution in [2.75, 3.05) is 43.6 Å². The molecule has 3 unspecified atom stereocenters. The van der Waals surface area contributed by atoms with Gasteiger partial charge in [-0.1, -0.05) is 6.92 Å². The zero-order valence-electron chi connectivity index (χ0n) is 25.1. The molecule has 3 atom stereocenters. The minimum Gasteiger partial charge on any atom is -0.453 e. The van der Waals surface area contributed by atoms with Crippen molar-refractivity contribution in [2.45, 2.75) is 44.6 Å². The SMILES string of the molecule is COC(=O)NC1C(C)CN(c2ccncc2Nc2ncc3ccc(-c4c(F)cc(COC5CCOCC5)cc4F)nn23)CC1N. The number of amides is 1. The first-order chi connectivity index (χ1) is 21.8. The third-order valence-electron chi connectivity index (χ3n) is 8.27. The lowest BCUT2D eigenvalue weighted by Crippen LogP contribution is -2.62. The number of rotatable bonds is 8. The van der Waals surface area contributed by atoms with E-state index in [2.05, 4.69) is 30.6 Å². The summed E-state index contributed by atoms with van der Waals surface area (Å²) in [6.07, 6.45) is 5.96. The molecule has 0 radical (unpaired) electrons. The number of hydrogen-bond donors (Lipinski definition) is 3. The van der Waals surface area contributed by atoms with E-state index >= 15 is 8.78 Å². The molecule has 6 rings (SSSR count). The monoisotopic (exact) mass is 622 g/mol. The average Bonchev–Trinajstić information content (AvgIpc) is 3.43. The summed E-state index contributed by atoms with van der Waals surface area (Å²) in [5.74, 6) is -1.10. The first-order valence-electron chi connectivity index (χ1n) is 14.9. The molecule has 1 amide bonds. The Labute approximate surface area is 258 Å². The number of carbonyl (C=O) groups is 1. The van der Waals surface area contributed by atoms with Gasteiger partial charge < -0.3 is 35.5 Å². The number of fused-ring (bicyclic) bond motifs is 1. The third-order valence-corrected chi connectivity index (χ3v) is 8.27. The highest BCUT2D eigenvalue weighted by atomic mass is 19.1. The predicted octanol–water partition coefficient (Wildman–Crippen LogP) is 4.02. The summed E-state index contributed by atoms with van der Waals surface area (Å²) in [6, 6.07) is 7.09. The summed E-state index contributed by atoms with van der Waals surface area (Å²) in [6.45, 7) is 4.44. The summed E-state index contributed by atoms with van der Waals surface area (Å²) in [5.41, 5.74) is 8.85. The molecule has 4 N–H and O–H groups in total. The summed E-state index contributed by atoms with van der Waals surface area (Å²) >= 11 is 0. The molecule has 0 bridgehead atoms. The Hall–Kier alpha value is -4.40. The minimum atomic E-state index is -0.729. The van der Waals surface area contributed by atoms with Gasteiger partial charge in [-0.25, -0.2) is 18.6 Å². The van der Waals surface area contributed by atoms with Gasteiger partial charge in [0.25, 0.3) is 0 Å². The maximum Gasteiger partial charge on any atom is 0.407 e. The lowest BCUT2D eigenvalue weighted by atomic mass is 9.90. The highest BCUT2D eigenvalue weighted by Crippen LogP contribution is 2.32. The molecule has 45 heavy (non-hydrogen) atoms. The molecule has 1 aromatic carbocycles. The van der Waals surface area contributed by atoms with E-state index in [4.69, 9.17) is 19.9 Å². The van der Waals surface area contributed by atoms with E-state index in [1.165, 1.54) is 23.8 Å². The van der Waals surface area contributed by atoms with Crippen LogP contribution in [0, 0.1) is 17.6 Å². The highest BCUT2D eigenvalue weighted by Gasteiger charge is 2.34. The van der Waals surface area contributed by atoms with Gasteiger partial charge in [0.1, 0.15) is 11.6 Å². The van der Waals surface area contributed by atoms with E-state index in [1.807, 2.05) is 13.0 Å². The van der Waals surface area contributed by atoms with Crippen LogP contribution in [0.5, 0.6) is 0 Å². The lowest BCUT2D eigenvalue weighted by molar-refractivity contribution is -0.0391. The quantitative estimate of drug-likeness (QED) is 0.264. The third kappa shape index (κ3) is 6.67. The van der Waals surface area contributed by atoms with Crippen molar-refractivity contribution in [3.63, 3.8) is 0 Å². The summed E-state index contributed by atoms with van der Waals surface area (Å²) < 4.78 is 48.1. The molecule has 0 saturated carbocycles. The van der Waals surface area contributed by atoms with Gasteiger partial charge in [0, 0.05) is 38.5 Å². The number of anilines is 3. The van der Waals surface area contributed by atoms with Gasteiger partial charge in [0.15, 0.2) is 0 Å². The van der Waals surface area contributed by atoms with Crippen molar-refractivity contribution in [2.24, 2.45) is 11.7 Å². The van der Waals surface area contributed by atoms with E-state index in [-0.39, 0.29) is 42.0 Å². The highest BCUT2D eigenvalue weighted by molar-refractivity contribution is 5.74. The smallest absolute Gasteiger partial charge is 0.407 e. The number of nitrogens with one attached hydrogen (secondary N) is 2. The van der Waals surface area contributed by atoms with Gasteiger partial charge in [-0.15, -0.1) is 0 Å². The van der Waals surface area contributed by atoms with Crippen LogP contribution in [0.4, 0.5) is 30.9 Å². The molecule has 14 heteroatoms. The van der Waals surface area contributed by atoms with Crippen LogP contribution in [-0.2, 0) is 20.8 Å². The summed E-state index contributed by atoms with van der Waals surface area (Å²) in [7, 11) is 1.32. The number of carbonyl (C=O) groups excluding carboxylic acids is 1. The van der Waals surface area contributed by atoms with Crippen molar-refractivity contribution < 1.29 is 27.8 Å². The zero-order chi connectivity index (χ0) is 31.5. The number of alkyl carbamates (subject to hydrolysis) is 1. The second-order valence-corrected chi connectivity index (χ2v) is 11.4. The minimum absolute atomic E-state index is 0.0108. The van der Waals surface area contributed by atoms with Crippen LogP contribution in [0.1, 0.15) is 25.3 Å². The number of ether oxygens (including phenoxy) is 3. The van der Waals surface area contributed by atoms with E-state index in [0.717, 1.165) is 18.5 Å². The molecule has 2 saturated heterocycles. The Morgan fingerprint density at radius 1 is 1.13 bits per heavy atom. The van der Waals surface area contributed by atoms with Crippen LogP contribution >= 0.6 is 0 Å². The lowest BCUT2D eigenvalue weighted by Gasteiger charge is -2.42. The normalized spacial score (nSPS) is 20.7. The number of imidazole rings is 1. The maximum absolute atomic E-state index is 15.3. The molecule has 0 aliphatic carbocycles. The fourth-order valence-electron chi connectivity index (χ4n) is 5.96. The molecule has 4 aromatic rings. The Kier molecular flexibility index (Phi) is 9.05. The number of aromatic nitrogens is 4. The molecule has 2 fully saturated rings. The van der Waals surface area contributed by atoms with Crippen molar-refractivity contribution in [3.05, 3.63) is 66.1 Å². The molecule has 0 spiro atoms. The Morgan fingerprint density at radius 3 is 2.64 bits per heavy atom. The number of nitrogens with two attached hydrogens (primary N) is 1. The fraction of sp³-hybridized carbons (Fsp3) is 0.419. The molecular weight excluding hydrogens is 586 g/mol. The second-order valence-electron chi connectivity index (χ2n) is 11.4. The van der Waals surface area contributed by atoms with Gasteiger partial charge in [-0.05, 0) is 54.7 Å². The van der Waals surface area contributed by atoms with Crippen molar-refractivity contribution >= 4 is 28.9 Å². The van der Waals surface area contributed by atoms with Crippen LogP contribution in [0.2, 0.25) is 0 Å². The van der Waals surface area contributed by atoms with Crippen molar-refractivity contribution in [3.8, 4) is 11.3 Å². The first kappa shape index (κ1) is 30.6. The maximum atomic E-state index is 15.3. The van der Waals surface area contributed by atoms with Gasteiger partial charge >= 0.3 is 6.09 Å². The predicted molar refractivity (Wildman–Crippen MR) is 163 cm³/mol. The van der Waals surface area contributed by atoms with E-state index < -0.39 is 17.7 Å². The number of nitrogens with zero attached hydrogens (tertiary/aromatic N) is 5. The van der Waals surface area contributed by atoms with Crippen LogP contribution < -0.4 is 21.3 Å². The van der Waals surface area contributed by atoms with Gasteiger partial charge in [0.05, 0.1) is 66.4 Å². The number of benzene rings is 1. The van der Waals surface area contributed by atoms with Crippen LogP contribution in [0.25, 0.3) is 16.8 Å². The van der Waals surface area contributed by atoms with Crippen LogP contribution in [0.15, 0.2) is 48.9 Å².